The van der Waals surface area contributed by atoms with E-state index in [0.717, 1.165) is 17.0 Å². The van der Waals surface area contributed by atoms with Gasteiger partial charge in [-0.3, -0.25) is 0 Å². The molecule has 1 saturated carbocycles. The molecule has 0 radical (unpaired) electrons. The first-order valence-corrected chi connectivity index (χ1v) is 13.2. The summed E-state index contributed by atoms with van der Waals surface area (Å²) in [4.78, 5) is 9.07. The van der Waals surface area contributed by atoms with E-state index in [0.29, 0.717) is 38.2 Å². The van der Waals surface area contributed by atoms with Crippen molar-refractivity contribution in [3.8, 4) is 16.9 Å². The van der Waals surface area contributed by atoms with Crippen molar-refractivity contribution < 1.29 is 9.84 Å². The number of fused-ring (bicyclic) bond motifs is 1. The molecule has 0 bridgehead atoms. The molecule has 0 saturated heterocycles. The van der Waals surface area contributed by atoms with Crippen LogP contribution in [0.2, 0.25) is 10.0 Å². The maximum absolute atomic E-state index is 11.0. The quantitative estimate of drug-likeness (QED) is 0.235. The third-order valence-corrected chi connectivity index (χ3v) is 7.75. The smallest absolute Gasteiger partial charge is 0.140 e. The first-order chi connectivity index (χ1) is 16.4. The Bertz CT molecular complexity index is 1320. The SMILES string of the molecule is CC(C)Oc1ccccc1-c1c(Cl)cc2[nH]c(C(O)c3ccc(SCC4CC4)cc3)nc2c1Cl. The van der Waals surface area contributed by atoms with Crippen LogP contribution < -0.4 is 4.74 Å². The van der Waals surface area contributed by atoms with Crippen molar-refractivity contribution in [1.29, 1.82) is 0 Å². The van der Waals surface area contributed by atoms with Gasteiger partial charge in [0.05, 0.1) is 21.7 Å². The van der Waals surface area contributed by atoms with Gasteiger partial charge in [0.25, 0.3) is 0 Å². The number of nitrogens with one attached hydrogen (secondary N) is 1. The molecule has 4 aromatic rings. The number of imidazole rings is 1. The summed E-state index contributed by atoms with van der Waals surface area (Å²) in [6.07, 6.45) is 1.80. The fraction of sp³-hybridized carbons (Fsp3) is 0.296. The summed E-state index contributed by atoms with van der Waals surface area (Å²) in [6.45, 7) is 3.95. The minimum atomic E-state index is -0.898. The van der Waals surface area contributed by atoms with Gasteiger partial charge in [-0.2, -0.15) is 0 Å². The summed E-state index contributed by atoms with van der Waals surface area (Å²) < 4.78 is 5.98. The van der Waals surface area contributed by atoms with Crippen molar-refractivity contribution in [1.82, 2.24) is 9.97 Å². The van der Waals surface area contributed by atoms with E-state index in [2.05, 4.69) is 22.1 Å². The Morgan fingerprint density at radius 1 is 1.12 bits per heavy atom. The van der Waals surface area contributed by atoms with Crippen molar-refractivity contribution in [2.45, 2.75) is 43.8 Å². The fourth-order valence-electron chi connectivity index (χ4n) is 3.91. The zero-order valence-corrected chi connectivity index (χ0v) is 21.3. The van der Waals surface area contributed by atoms with Crippen LogP contribution in [-0.2, 0) is 0 Å². The van der Waals surface area contributed by atoms with Gasteiger partial charge in [-0.15, -0.1) is 11.8 Å². The number of hydrogen-bond donors (Lipinski definition) is 2. The molecule has 5 rings (SSSR count). The maximum Gasteiger partial charge on any atom is 0.140 e. The van der Waals surface area contributed by atoms with E-state index < -0.39 is 6.10 Å². The van der Waals surface area contributed by atoms with Crippen molar-refractivity contribution in [3.63, 3.8) is 0 Å². The van der Waals surface area contributed by atoms with Gasteiger partial charge in [0, 0.05) is 21.8 Å². The van der Waals surface area contributed by atoms with Crippen LogP contribution >= 0.6 is 35.0 Å². The molecule has 1 atom stereocenters. The van der Waals surface area contributed by atoms with E-state index in [1.807, 2.05) is 62.0 Å². The van der Waals surface area contributed by atoms with E-state index in [4.69, 9.17) is 27.9 Å². The normalized spacial score (nSPS) is 14.6. The zero-order valence-electron chi connectivity index (χ0n) is 19.0. The van der Waals surface area contributed by atoms with Crippen molar-refractivity contribution in [3.05, 3.63) is 76.0 Å². The minimum absolute atomic E-state index is 0.00746. The van der Waals surface area contributed by atoms with Gasteiger partial charge in [-0.05, 0) is 62.4 Å². The van der Waals surface area contributed by atoms with Crippen LogP contribution in [0.4, 0.5) is 0 Å². The number of aliphatic hydroxyl groups excluding tert-OH is 1. The fourth-order valence-corrected chi connectivity index (χ4v) is 5.70. The van der Waals surface area contributed by atoms with E-state index in [1.54, 1.807) is 6.07 Å². The Kier molecular flexibility index (Phi) is 6.81. The van der Waals surface area contributed by atoms with Crippen LogP contribution in [-0.4, -0.2) is 26.9 Å². The summed E-state index contributed by atoms with van der Waals surface area (Å²) in [7, 11) is 0. The zero-order chi connectivity index (χ0) is 23.8. The lowest BCUT2D eigenvalue weighted by molar-refractivity contribution is 0.211. The van der Waals surface area contributed by atoms with Crippen molar-refractivity contribution in [2.24, 2.45) is 5.92 Å². The molecule has 176 valence electrons. The molecule has 1 aliphatic carbocycles. The number of para-hydroxylation sites is 1. The number of rotatable bonds is 8. The highest BCUT2D eigenvalue weighted by atomic mass is 35.5. The lowest BCUT2D eigenvalue weighted by Gasteiger charge is -2.16. The van der Waals surface area contributed by atoms with Gasteiger partial charge in [-0.1, -0.05) is 53.5 Å². The molecule has 1 fully saturated rings. The Morgan fingerprint density at radius 3 is 2.56 bits per heavy atom. The molecule has 0 amide bonds. The summed E-state index contributed by atoms with van der Waals surface area (Å²) in [6, 6.07) is 17.5. The first-order valence-electron chi connectivity index (χ1n) is 11.4. The second-order valence-electron chi connectivity index (χ2n) is 8.95. The minimum Gasteiger partial charge on any atom is -0.490 e. The molecular weight excluding hydrogens is 487 g/mol. The summed E-state index contributed by atoms with van der Waals surface area (Å²) in [5, 5.41) is 11.9. The number of ether oxygens (including phenoxy) is 1. The average Bonchev–Trinajstić information content (AvgIpc) is 3.55. The molecule has 3 aromatic carbocycles. The van der Waals surface area contributed by atoms with Crippen LogP contribution in [0.3, 0.4) is 0 Å². The van der Waals surface area contributed by atoms with Gasteiger partial charge in [0.2, 0.25) is 0 Å². The third-order valence-electron chi connectivity index (χ3n) is 5.84. The first kappa shape index (κ1) is 23.6. The molecule has 1 heterocycles. The number of aromatic amines is 1. The summed E-state index contributed by atoms with van der Waals surface area (Å²) in [5.74, 6) is 3.17. The van der Waals surface area contributed by atoms with Crippen molar-refractivity contribution in [2.75, 3.05) is 5.75 Å². The molecule has 7 heteroatoms. The second kappa shape index (κ2) is 9.82. The van der Waals surface area contributed by atoms with Crippen LogP contribution in [0, 0.1) is 5.92 Å². The highest BCUT2D eigenvalue weighted by molar-refractivity contribution is 7.99. The number of aromatic nitrogens is 2. The average molecular weight is 513 g/mol. The Morgan fingerprint density at radius 2 is 1.85 bits per heavy atom. The van der Waals surface area contributed by atoms with Gasteiger partial charge in [0.15, 0.2) is 0 Å². The Hall–Kier alpha value is -2.18. The van der Waals surface area contributed by atoms with Crippen molar-refractivity contribution >= 4 is 46.0 Å². The number of thioether (sulfide) groups is 1. The molecule has 1 aromatic heterocycles. The second-order valence-corrected chi connectivity index (χ2v) is 10.8. The molecule has 1 aliphatic rings. The Labute approximate surface area is 213 Å². The number of halogens is 2. The lowest BCUT2D eigenvalue weighted by Crippen LogP contribution is -2.06. The Balaban J connectivity index is 1.46. The van der Waals surface area contributed by atoms with Crippen LogP contribution in [0.25, 0.3) is 22.2 Å². The maximum atomic E-state index is 11.0. The molecule has 1 unspecified atom stereocenters. The molecule has 2 N–H and O–H groups in total. The number of hydrogen-bond acceptors (Lipinski definition) is 4. The molecule has 0 spiro atoms. The van der Waals surface area contributed by atoms with Gasteiger partial charge in [0.1, 0.15) is 23.2 Å². The number of nitrogens with zero attached hydrogens (tertiary/aromatic N) is 1. The van der Waals surface area contributed by atoms with Gasteiger partial charge in [-0.25, -0.2) is 4.98 Å². The third kappa shape index (κ3) is 4.94. The van der Waals surface area contributed by atoms with Crippen LogP contribution in [0.1, 0.15) is 44.2 Å². The van der Waals surface area contributed by atoms with Gasteiger partial charge >= 0.3 is 0 Å². The summed E-state index contributed by atoms with van der Waals surface area (Å²) in [5.41, 5.74) is 3.47. The number of aliphatic hydroxyl groups is 1. The largest absolute Gasteiger partial charge is 0.490 e. The van der Waals surface area contributed by atoms with E-state index in [-0.39, 0.29) is 6.10 Å². The summed E-state index contributed by atoms with van der Waals surface area (Å²) >= 11 is 15.4. The predicted octanol–water partition coefficient (Wildman–Crippen LogP) is 7.91. The molecule has 4 nitrogen and oxygen atoms in total. The standard InChI is InChI=1S/C27H26Cl2N2O2S/c1-15(2)33-22-6-4-3-5-19(22)23-20(28)13-21-25(24(23)29)31-27(30-21)26(32)17-9-11-18(12-10-17)34-14-16-7-8-16/h3-6,9-13,15-16,26,32H,7-8,14H2,1-2H3,(H,30,31). The predicted molar refractivity (Wildman–Crippen MR) is 141 cm³/mol. The van der Waals surface area contributed by atoms with E-state index in [1.165, 1.54) is 23.5 Å². The van der Waals surface area contributed by atoms with Crippen LogP contribution in [0.5, 0.6) is 5.75 Å². The van der Waals surface area contributed by atoms with Crippen LogP contribution in [0.15, 0.2) is 59.5 Å². The monoisotopic (exact) mass is 512 g/mol. The molecular formula is C27H26Cl2N2O2S. The van der Waals surface area contributed by atoms with E-state index >= 15 is 0 Å². The number of benzene rings is 3. The topological polar surface area (TPSA) is 58.1 Å². The molecule has 0 aliphatic heterocycles. The lowest BCUT2D eigenvalue weighted by atomic mass is 10.0. The molecule has 34 heavy (non-hydrogen) atoms. The highest BCUT2D eigenvalue weighted by Gasteiger charge is 2.23. The number of H-pyrrole nitrogens is 1. The highest BCUT2D eigenvalue weighted by Crippen LogP contribution is 2.43. The van der Waals surface area contributed by atoms with Gasteiger partial charge < -0.3 is 14.8 Å². The van der Waals surface area contributed by atoms with E-state index in [9.17, 15) is 5.11 Å².